The van der Waals surface area contributed by atoms with Gasteiger partial charge in [0, 0.05) is 11.6 Å². The number of halogens is 2. The molecule has 0 spiro atoms. The average molecular weight is 371 g/mol. The molecule has 0 saturated heterocycles. The van der Waals surface area contributed by atoms with Crippen LogP contribution in [0.4, 0.5) is 14.5 Å². The number of carbonyl (C=O) groups excluding carboxylic acids is 1. The molecular weight excluding hydrogens is 356 g/mol. The largest absolute Gasteiger partial charge is 0.497 e. The molecule has 0 aliphatic carbocycles. The standard InChI is InChI=1S/C16H15F2NO5S/c1-23-11-5-8-13(14(9-11)24-2)19-15(20)10-3-6-12(7-4-10)25(21,22)16(17)18/h3-9,16H,1-2H3,(H,19,20). The van der Waals surface area contributed by atoms with Crippen molar-refractivity contribution in [1.82, 2.24) is 0 Å². The third-order valence-electron chi connectivity index (χ3n) is 3.34. The number of hydrogen-bond acceptors (Lipinski definition) is 5. The van der Waals surface area contributed by atoms with Gasteiger partial charge in [0.2, 0.25) is 9.84 Å². The van der Waals surface area contributed by atoms with E-state index in [1.54, 1.807) is 18.2 Å². The van der Waals surface area contributed by atoms with Gasteiger partial charge in [-0.1, -0.05) is 0 Å². The lowest BCUT2D eigenvalue weighted by molar-refractivity contribution is 0.102. The molecule has 1 N–H and O–H groups in total. The molecule has 9 heteroatoms. The second-order valence-electron chi connectivity index (χ2n) is 4.85. The topological polar surface area (TPSA) is 81.7 Å². The van der Waals surface area contributed by atoms with E-state index >= 15 is 0 Å². The molecule has 0 unspecified atom stereocenters. The summed E-state index contributed by atoms with van der Waals surface area (Å²) in [4.78, 5) is 11.7. The van der Waals surface area contributed by atoms with Gasteiger partial charge in [-0.3, -0.25) is 4.79 Å². The van der Waals surface area contributed by atoms with Crippen LogP contribution in [0.25, 0.3) is 0 Å². The van der Waals surface area contributed by atoms with Crippen LogP contribution in [0.3, 0.4) is 0 Å². The van der Waals surface area contributed by atoms with E-state index in [2.05, 4.69) is 5.32 Å². The number of hydrogen-bond donors (Lipinski definition) is 1. The molecule has 0 saturated carbocycles. The molecule has 0 aliphatic rings. The molecule has 2 rings (SSSR count). The Morgan fingerprint density at radius 2 is 1.68 bits per heavy atom. The van der Waals surface area contributed by atoms with Crippen LogP contribution in [-0.4, -0.2) is 34.3 Å². The number of carbonyl (C=O) groups is 1. The second kappa shape index (κ2) is 7.47. The highest BCUT2D eigenvalue weighted by molar-refractivity contribution is 7.91. The second-order valence-corrected chi connectivity index (χ2v) is 6.77. The molecule has 0 aliphatic heterocycles. The Morgan fingerprint density at radius 3 is 2.20 bits per heavy atom. The number of methoxy groups -OCH3 is 2. The summed E-state index contributed by atoms with van der Waals surface area (Å²) in [6.07, 6.45) is 0. The number of amides is 1. The molecule has 2 aromatic carbocycles. The van der Waals surface area contributed by atoms with Crippen LogP contribution >= 0.6 is 0 Å². The van der Waals surface area contributed by atoms with Crippen molar-refractivity contribution in [1.29, 1.82) is 0 Å². The van der Waals surface area contributed by atoms with Gasteiger partial charge in [0.05, 0.1) is 24.8 Å². The third kappa shape index (κ3) is 4.05. The molecular formula is C16H15F2NO5S. The minimum Gasteiger partial charge on any atom is -0.497 e. The van der Waals surface area contributed by atoms with Crippen LogP contribution in [0, 0.1) is 0 Å². The van der Waals surface area contributed by atoms with Gasteiger partial charge in [-0.15, -0.1) is 0 Å². The third-order valence-corrected chi connectivity index (χ3v) is 4.73. The van der Waals surface area contributed by atoms with Crippen molar-refractivity contribution in [2.45, 2.75) is 10.7 Å². The highest BCUT2D eigenvalue weighted by Crippen LogP contribution is 2.29. The van der Waals surface area contributed by atoms with Crippen molar-refractivity contribution in [2.75, 3.05) is 19.5 Å². The first-order chi connectivity index (χ1) is 11.8. The van der Waals surface area contributed by atoms with Gasteiger partial charge in [0.25, 0.3) is 5.91 Å². The van der Waals surface area contributed by atoms with E-state index in [9.17, 15) is 22.0 Å². The summed E-state index contributed by atoms with van der Waals surface area (Å²) in [5.41, 5.74) is 0.476. The lowest BCUT2D eigenvalue weighted by Gasteiger charge is -2.12. The van der Waals surface area contributed by atoms with Gasteiger partial charge < -0.3 is 14.8 Å². The van der Waals surface area contributed by atoms with Crippen LogP contribution in [0.1, 0.15) is 10.4 Å². The molecule has 6 nitrogen and oxygen atoms in total. The molecule has 2 aromatic rings. The number of nitrogens with one attached hydrogen (secondary N) is 1. The normalized spacial score (nSPS) is 11.2. The Balaban J connectivity index is 2.22. The Bertz CT molecular complexity index is 867. The molecule has 0 heterocycles. The fourth-order valence-electron chi connectivity index (χ4n) is 2.00. The molecule has 1 amide bonds. The summed E-state index contributed by atoms with van der Waals surface area (Å²) in [5, 5.41) is 2.59. The number of sulfone groups is 1. The molecule has 0 bridgehead atoms. The number of benzene rings is 2. The molecule has 25 heavy (non-hydrogen) atoms. The minimum atomic E-state index is -4.70. The average Bonchev–Trinajstić information content (AvgIpc) is 2.61. The number of anilines is 1. The SMILES string of the molecule is COc1ccc(NC(=O)c2ccc(S(=O)(=O)C(F)F)cc2)c(OC)c1. The quantitative estimate of drug-likeness (QED) is 0.844. The minimum absolute atomic E-state index is 0.103. The zero-order valence-electron chi connectivity index (χ0n) is 13.3. The molecule has 0 aromatic heterocycles. The fraction of sp³-hybridized carbons (Fsp3) is 0.188. The van der Waals surface area contributed by atoms with Gasteiger partial charge in [-0.05, 0) is 36.4 Å². The number of rotatable bonds is 6. The first kappa shape index (κ1) is 18.7. The van der Waals surface area contributed by atoms with Crippen LogP contribution in [0.2, 0.25) is 0 Å². The summed E-state index contributed by atoms with van der Waals surface area (Å²) >= 11 is 0. The van der Waals surface area contributed by atoms with E-state index in [1.165, 1.54) is 14.2 Å². The maximum Gasteiger partial charge on any atom is 0.341 e. The summed E-state index contributed by atoms with van der Waals surface area (Å²) in [7, 11) is -1.78. The van der Waals surface area contributed by atoms with Crippen molar-refractivity contribution >= 4 is 21.4 Å². The van der Waals surface area contributed by atoms with Crippen molar-refractivity contribution in [3.05, 3.63) is 48.0 Å². The van der Waals surface area contributed by atoms with E-state index < -0.39 is 26.4 Å². The lowest BCUT2D eigenvalue weighted by Crippen LogP contribution is -2.14. The van der Waals surface area contributed by atoms with Crippen LogP contribution in [0.15, 0.2) is 47.4 Å². The first-order valence-electron chi connectivity index (χ1n) is 6.95. The Kier molecular flexibility index (Phi) is 5.58. The van der Waals surface area contributed by atoms with E-state index in [1.807, 2.05) is 0 Å². The van der Waals surface area contributed by atoms with Crippen LogP contribution < -0.4 is 14.8 Å². The predicted octanol–water partition coefficient (Wildman–Crippen LogP) is 2.95. The first-order valence-corrected chi connectivity index (χ1v) is 8.49. The van der Waals surface area contributed by atoms with Crippen molar-refractivity contribution in [3.63, 3.8) is 0 Å². The van der Waals surface area contributed by atoms with E-state index in [0.717, 1.165) is 24.3 Å². The highest BCUT2D eigenvalue weighted by Gasteiger charge is 2.26. The highest BCUT2D eigenvalue weighted by atomic mass is 32.2. The fourth-order valence-corrected chi connectivity index (χ4v) is 2.72. The summed E-state index contributed by atoms with van der Waals surface area (Å²) in [5.74, 6) is -3.17. The summed E-state index contributed by atoms with van der Waals surface area (Å²) in [6.45, 7) is 0. The van der Waals surface area contributed by atoms with E-state index in [4.69, 9.17) is 9.47 Å². The summed E-state index contributed by atoms with van der Waals surface area (Å²) < 4.78 is 57.9. The predicted molar refractivity (Wildman–Crippen MR) is 87.1 cm³/mol. The maximum atomic E-state index is 12.5. The van der Waals surface area contributed by atoms with Crippen molar-refractivity contribution < 1.29 is 31.5 Å². The van der Waals surface area contributed by atoms with E-state index in [-0.39, 0.29) is 5.56 Å². The van der Waals surface area contributed by atoms with Gasteiger partial charge in [-0.2, -0.15) is 8.78 Å². The van der Waals surface area contributed by atoms with Gasteiger partial charge in [0.15, 0.2) is 0 Å². The Hall–Kier alpha value is -2.68. The lowest BCUT2D eigenvalue weighted by atomic mass is 10.2. The molecule has 0 atom stereocenters. The number of ether oxygens (including phenoxy) is 2. The van der Waals surface area contributed by atoms with Crippen molar-refractivity contribution in [2.24, 2.45) is 0 Å². The van der Waals surface area contributed by atoms with Crippen LogP contribution in [0.5, 0.6) is 11.5 Å². The zero-order valence-corrected chi connectivity index (χ0v) is 14.1. The monoisotopic (exact) mass is 371 g/mol. The molecule has 0 radical (unpaired) electrons. The maximum absolute atomic E-state index is 12.5. The smallest absolute Gasteiger partial charge is 0.341 e. The number of alkyl halides is 2. The molecule has 0 fully saturated rings. The Labute approximate surface area is 143 Å². The van der Waals surface area contributed by atoms with Crippen LogP contribution in [-0.2, 0) is 9.84 Å². The van der Waals surface area contributed by atoms with Crippen molar-refractivity contribution in [3.8, 4) is 11.5 Å². The van der Waals surface area contributed by atoms with Gasteiger partial charge in [-0.25, -0.2) is 8.42 Å². The Morgan fingerprint density at radius 1 is 1.04 bits per heavy atom. The van der Waals surface area contributed by atoms with Gasteiger partial charge >= 0.3 is 5.76 Å². The molecule has 134 valence electrons. The van der Waals surface area contributed by atoms with Gasteiger partial charge in [0.1, 0.15) is 11.5 Å². The summed E-state index contributed by atoms with van der Waals surface area (Å²) in [6, 6.07) is 9.00. The zero-order chi connectivity index (χ0) is 18.6. The van der Waals surface area contributed by atoms with E-state index in [0.29, 0.717) is 17.2 Å².